The van der Waals surface area contributed by atoms with Gasteiger partial charge in [0, 0.05) is 36.3 Å². The van der Waals surface area contributed by atoms with Crippen molar-refractivity contribution in [2.75, 3.05) is 0 Å². The Hall–Kier alpha value is -5.95. The molecule has 9 aromatic rings. The number of hydrogen-bond donors (Lipinski definition) is 0. The summed E-state index contributed by atoms with van der Waals surface area (Å²) in [6.45, 7) is 7.75. The zero-order chi connectivity index (χ0) is 28.7. The van der Waals surface area contributed by atoms with E-state index in [-0.39, 0.29) is 0 Å². The van der Waals surface area contributed by atoms with Crippen LogP contribution in [0.1, 0.15) is 5.56 Å². The fourth-order valence-corrected chi connectivity index (χ4v) is 7.76. The van der Waals surface area contributed by atoms with Gasteiger partial charge < -0.3 is 0 Å². The van der Waals surface area contributed by atoms with Crippen molar-refractivity contribution in [1.82, 2.24) is 14.1 Å². The lowest BCUT2D eigenvalue weighted by atomic mass is 10.1. The maximum Gasteiger partial charge on any atom is 0.204 e. The van der Waals surface area contributed by atoms with E-state index >= 15 is 0 Å². The number of fused-ring (bicyclic) bond motifs is 10. The van der Waals surface area contributed by atoms with Gasteiger partial charge in [-0.05, 0) is 53.9 Å². The summed E-state index contributed by atoms with van der Waals surface area (Å²) < 4.78 is 6.62. The van der Waals surface area contributed by atoms with E-state index in [2.05, 4.69) is 86.8 Å². The summed E-state index contributed by atoms with van der Waals surface area (Å²) in [5, 5.41) is 16.2. The van der Waals surface area contributed by atoms with E-state index in [0.29, 0.717) is 11.3 Å². The van der Waals surface area contributed by atoms with Gasteiger partial charge in [-0.1, -0.05) is 66.7 Å². The maximum absolute atomic E-state index is 9.58. The van der Waals surface area contributed by atoms with Crippen LogP contribution in [0.3, 0.4) is 0 Å². The molecule has 0 aliphatic rings. The molecule has 0 bridgehead atoms. The van der Waals surface area contributed by atoms with Crippen molar-refractivity contribution >= 4 is 80.8 Å². The van der Waals surface area contributed by atoms with Crippen molar-refractivity contribution in [1.29, 1.82) is 5.26 Å². The van der Waals surface area contributed by atoms with Gasteiger partial charge in [0.15, 0.2) is 0 Å². The van der Waals surface area contributed by atoms with Crippen molar-refractivity contribution < 1.29 is 0 Å². The van der Waals surface area contributed by atoms with Gasteiger partial charge in [0.05, 0.1) is 40.3 Å². The topological polar surface area (TPSA) is 50.9 Å². The molecule has 0 radical (unpaired) electrons. The van der Waals surface area contributed by atoms with Gasteiger partial charge >= 0.3 is 0 Å². The third kappa shape index (κ3) is 3.21. The van der Waals surface area contributed by atoms with Crippen LogP contribution in [0, 0.1) is 17.9 Å². The number of benzene rings is 5. The fraction of sp³-hybridized carbons (Fsp3) is 0. The van der Waals surface area contributed by atoms with Crippen molar-refractivity contribution in [3.63, 3.8) is 0 Å². The number of aromatic nitrogens is 3. The summed E-state index contributed by atoms with van der Waals surface area (Å²) in [7, 11) is 0. The average molecular weight is 566 g/mol. The van der Waals surface area contributed by atoms with Gasteiger partial charge in [-0.2, -0.15) is 5.26 Å². The van der Waals surface area contributed by atoms with Gasteiger partial charge in [-0.3, -0.25) is 9.13 Å². The van der Waals surface area contributed by atoms with Crippen molar-refractivity contribution in [3.8, 4) is 17.7 Å². The van der Waals surface area contributed by atoms with Crippen LogP contribution >= 0.6 is 11.3 Å². The second-order valence-electron chi connectivity index (χ2n) is 10.6. The molecule has 4 aromatic heterocycles. The van der Waals surface area contributed by atoms with Crippen LogP contribution in [0.5, 0.6) is 0 Å². The van der Waals surface area contributed by atoms with Crippen LogP contribution in [-0.2, 0) is 0 Å². The molecule has 0 saturated heterocycles. The summed E-state index contributed by atoms with van der Waals surface area (Å²) in [5.74, 6) is 1.62. The zero-order valence-corrected chi connectivity index (χ0v) is 23.4. The average Bonchev–Trinajstić information content (AvgIpc) is 3.72. The smallest absolute Gasteiger partial charge is 0.204 e. The van der Waals surface area contributed by atoms with Crippen LogP contribution in [0.15, 0.2) is 115 Å². The van der Waals surface area contributed by atoms with Crippen LogP contribution in [-0.4, -0.2) is 14.1 Å². The number of nitrogens with zero attached hydrogens (tertiary/aromatic N) is 5. The first kappa shape index (κ1) is 23.7. The minimum atomic E-state index is 0.635. The molecule has 0 N–H and O–H groups in total. The summed E-state index contributed by atoms with van der Waals surface area (Å²) in [5.41, 5.74) is 5.53. The Labute approximate surface area is 249 Å². The zero-order valence-electron chi connectivity index (χ0n) is 22.6. The van der Waals surface area contributed by atoms with E-state index in [4.69, 9.17) is 11.6 Å². The monoisotopic (exact) mass is 565 g/mol. The van der Waals surface area contributed by atoms with Crippen LogP contribution in [0.4, 0.5) is 5.69 Å². The molecule has 198 valence electrons. The molecule has 0 amide bonds. The maximum atomic E-state index is 9.58. The number of para-hydroxylation sites is 2. The molecule has 9 rings (SSSR count). The van der Waals surface area contributed by atoms with E-state index in [1.807, 2.05) is 48.5 Å². The van der Waals surface area contributed by atoms with Crippen LogP contribution < -0.4 is 0 Å². The first-order valence-corrected chi connectivity index (χ1v) is 14.7. The Kier molecular flexibility index (Phi) is 4.84. The third-order valence-corrected chi connectivity index (χ3v) is 9.57. The van der Waals surface area contributed by atoms with Gasteiger partial charge in [0.1, 0.15) is 11.6 Å². The molecular weight excluding hydrogens is 547 g/mol. The molecule has 5 nitrogen and oxygen atoms in total. The van der Waals surface area contributed by atoms with Gasteiger partial charge in [0.2, 0.25) is 5.69 Å². The molecule has 0 saturated carbocycles. The van der Waals surface area contributed by atoms with E-state index in [1.54, 1.807) is 11.3 Å². The Morgan fingerprint density at radius 1 is 0.651 bits per heavy atom. The van der Waals surface area contributed by atoms with Gasteiger partial charge in [0.25, 0.3) is 0 Å². The van der Waals surface area contributed by atoms with Crippen LogP contribution in [0.2, 0.25) is 0 Å². The fourth-order valence-electron chi connectivity index (χ4n) is 6.60. The van der Waals surface area contributed by atoms with E-state index < -0.39 is 0 Å². The molecule has 5 aromatic carbocycles. The first-order chi connectivity index (χ1) is 21.2. The van der Waals surface area contributed by atoms with Crippen molar-refractivity contribution in [2.45, 2.75) is 0 Å². The highest BCUT2D eigenvalue weighted by molar-refractivity contribution is 7.26. The summed E-state index contributed by atoms with van der Waals surface area (Å²) >= 11 is 1.67. The minimum Gasteiger partial charge on any atom is -0.294 e. The summed E-state index contributed by atoms with van der Waals surface area (Å²) in [6, 6.07) is 41.4. The predicted octanol–water partition coefficient (Wildman–Crippen LogP) is 10.1. The normalized spacial score (nSPS) is 11.7. The molecule has 4 heterocycles. The lowest BCUT2D eigenvalue weighted by molar-refractivity contribution is 1.02. The molecule has 0 aliphatic carbocycles. The second-order valence-corrected chi connectivity index (χ2v) is 11.7. The first-order valence-electron chi connectivity index (χ1n) is 13.9. The molecule has 0 spiro atoms. The van der Waals surface area contributed by atoms with E-state index in [1.165, 1.54) is 0 Å². The molecule has 6 heteroatoms. The largest absolute Gasteiger partial charge is 0.294 e. The number of nitriles is 1. The SMILES string of the molecule is [C-]#[N+]c1cccc2c1sc1ccc3c4ccccc4n(-c4cccc(-n5c6ccccc6c6cc(C#N)ccc65)n4)c3c12. The van der Waals surface area contributed by atoms with Crippen LogP contribution in [0.25, 0.3) is 80.3 Å². The van der Waals surface area contributed by atoms with E-state index in [9.17, 15) is 5.26 Å². The number of rotatable bonds is 2. The Balaban J connectivity index is 1.40. The molecule has 0 fully saturated rings. The Morgan fingerprint density at radius 3 is 2.12 bits per heavy atom. The molecule has 0 atom stereocenters. The van der Waals surface area contributed by atoms with Gasteiger partial charge in [-0.25, -0.2) is 9.83 Å². The van der Waals surface area contributed by atoms with Gasteiger partial charge in [-0.15, -0.1) is 11.3 Å². The Bertz CT molecular complexity index is 2710. The summed E-state index contributed by atoms with van der Waals surface area (Å²) in [6.07, 6.45) is 0. The summed E-state index contributed by atoms with van der Waals surface area (Å²) in [4.78, 5) is 9.14. The molecular formula is C37H19N5S. The number of thiophene rings is 1. The Morgan fingerprint density at radius 2 is 1.33 bits per heavy atom. The lowest BCUT2D eigenvalue weighted by Crippen LogP contribution is -2.03. The highest BCUT2D eigenvalue weighted by Gasteiger charge is 2.20. The highest BCUT2D eigenvalue weighted by atomic mass is 32.1. The number of hydrogen-bond acceptors (Lipinski definition) is 3. The standard InChI is InChI=1S/C37H19N5S/c1-39-28-11-6-10-26-35-32(43-37(26)28)19-17-25-23-8-2-5-13-30(23)42(36(25)35)34-15-7-14-33(40-34)41-29-12-4-3-9-24(29)27-20-22(21-38)16-18-31(27)41/h2-20H. The van der Waals surface area contributed by atoms with E-state index in [0.717, 1.165) is 75.4 Å². The second kappa shape index (κ2) is 8.77. The lowest BCUT2D eigenvalue weighted by Gasteiger charge is -2.12. The molecule has 43 heavy (non-hydrogen) atoms. The number of pyridine rings is 1. The third-order valence-electron chi connectivity index (χ3n) is 8.37. The molecule has 0 aliphatic heterocycles. The van der Waals surface area contributed by atoms with Crippen molar-refractivity contribution in [3.05, 3.63) is 132 Å². The predicted molar refractivity (Wildman–Crippen MR) is 177 cm³/mol. The quantitative estimate of drug-likeness (QED) is 0.196. The molecule has 0 unspecified atom stereocenters. The highest BCUT2D eigenvalue weighted by Crippen LogP contribution is 2.45. The van der Waals surface area contributed by atoms with Crippen molar-refractivity contribution in [2.24, 2.45) is 0 Å². The minimum absolute atomic E-state index is 0.635.